The van der Waals surface area contributed by atoms with Gasteiger partial charge >= 0.3 is 6.01 Å². The Balaban J connectivity index is 2.00. The number of nitrogens with one attached hydrogen (secondary N) is 1. The lowest BCUT2D eigenvalue weighted by Crippen LogP contribution is -2.56. The van der Waals surface area contributed by atoms with Gasteiger partial charge in [0.15, 0.2) is 5.82 Å². The number of aliphatic hydroxyl groups is 1. The van der Waals surface area contributed by atoms with Crippen molar-refractivity contribution in [2.24, 2.45) is 5.41 Å². The van der Waals surface area contributed by atoms with E-state index in [0.717, 1.165) is 6.42 Å². The lowest BCUT2D eigenvalue weighted by atomic mass is 9.65. The number of hydrogen-bond acceptors (Lipinski definition) is 5. The minimum Gasteiger partial charge on any atom is -0.392 e. The van der Waals surface area contributed by atoms with Crippen molar-refractivity contribution >= 4 is 6.01 Å². The number of aryl methyl sites for hydroxylation is 1. The zero-order chi connectivity index (χ0) is 10.3. The Morgan fingerprint density at radius 1 is 1.57 bits per heavy atom. The number of anilines is 1. The molecule has 1 fully saturated rings. The van der Waals surface area contributed by atoms with Crippen molar-refractivity contribution in [1.29, 1.82) is 0 Å². The highest BCUT2D eigenvalue weighted by molar-refractivity contribution is 5.25. The molecule has 2 atom stereocenters. The van der Waals surface area contributed by atoms with E-state index in [9.17, 15) is 5.11 Å². The third-order valence-electron chi connectivity index (χ3n) is 3.04. The van der Waals surface area contributed by atoms with Gasteiger partial charge in [0.1, 0.15) is 0 Å². The van der Waals surface area contributed by atoms with Crippen molar-refractivity contribution < 1.29 is 9.63 Å². The molecule has 1 aliphatic carbocycles. The van der Waals surface area contributed by atoms with Crippen LogP contribution in [0.15, 0.2) is 4.52 Å². The minimum atomic E-state index is -0.246. The summed E-state index contributed by atoms with van der Waals surface area (Å²) in [6.07, 6.45) is 0.484. The van der Waals surface area contributed by atoms with Gasteiger partial charge in [-0.25, -0.2) is 0 Å². The Hall–Kier alpha value is -1.10. The van der Waals surface area contributed by atoms with E-state index >= 15 is 0 Å². The molecule has 5 nitrogen and oxygen atoms in total. The van der Waals surface area contributed by atoms with Crippen molar-refractivity contribution in [3.8, 4) is 0 Å². The molecule has 1 saturated carbocycles. The average molecular weight is 197 g/mol. The summed E-state index contributed by atoms with van der Waals surface area (Å²) in [7, 11) is 0. The van der Waals surface area contributed by atoms with Crippen molar-refractivity contribution in [3.63, 3.8) is 0 Å². The van der Waals surface area contributed by atoms with Gasteiger partial charge in [-0.15, -0.1) is 0 Å². The summed E-state index contributed by atoms with van der Waals surface area (Å²) in [5.41, 5.74) is -0.123. The molecule has 2 N–H and O–H groups in total. The predicted molar refractivity (Wildman–Crippen MR) is 50.9 cm³/mol. The molecule has 0 spiro atoms. The smallest absolute Gasteiger partial charge is 0.321 e. The van der Waals surface area contributed by atoms with Gasteiger partial charge in [-0.2, -0.15) is 4.98 Å². The van der Waals surface area contributed by atoms with Crippen LogP contribution >= 0.6 is 0 Å². The van der Waals surface area contributed by atoms with E-state index < -0.39 is 0 Å². The van der Waals surface area contributed by atoms with Gasteiger partial charge in [-0.3, -0.25) is 0 Å². The molecule has 14 heavy (non-hydrogen) atoms. The van der Waals surface area contributed by atoms with Gasteiger partial charge in [-0.05, 0) is 13.3 Å². The zero-order valence-electron chi connectivity index (χ0n) is 8.61. The number of rotatable bonds is 2. The fraction of sp³-hybridized carbons (Fsp3) is 0.778. The second-order valence-corrected chi connectivity index (χ2v) is 4.42. The van der Waals surface area contributed by atoms with Crippen LogP contribution in [0, 0.1) is 12.3 Å². The van der Waals surface area contributed by atoms with Gasteiger partial charge in [0, 0.05) is 11.5 Å². The Morgan fingerprint density at radius 2 is 2.29 bits per heavy atom. The Labute approximate surface area is 82.5 Å². The number of aromatic nitrogens is 2. The minimum absolute atomic E-state index is 0.123. The van der Waals surface area contributed by atoms with E-state index in [1.807, 2.05) is 13.8 Å². The molecular formula is C9H15N3O2. The summed E-state index contributed by atoms with van der Waals surface area (Å²) in [5, 5.41) is 16.3. The molecule has 5 heteroatoms. The van der Waals surface area contributed by atoms with Gasteiger partial charge in [0.05, 0.1) is 6.10 Å². The molecule has 2 rings (SSSR count). The topological polar surface area (TPSA) is 71.2 Å². The van der Waals surface area contributed by atoms with Crippen molar-refractivity contribution in [2.75, 3.05) is 5.32 Å². The SMILES string of the molecule is Cc1noc(NC2CC(O)C2(C)C)n1. The van der Waals surface area contributed by atoms with Gasteiger partial charge in [-0.1, -0.05) is 19.0 Å². The largest absolute Gasteiger partial charge is 0.392 e. The lowest BCUT2D eigenvalue weighted by Gasteiger charge is -2.48. The number of hydrogen-bond donors (Lipinski definition) is 2. The first-order valence-electron chi connectivity index (χ1n) is 4.75. The monoisotopic (exact) mass is 197 g/mol. The summed E-state index contributed by atoms with van der Waals surface area (Å²) in [6, 6.07) is 0.643. The summed E-state index contributed by atoms with van der Waals surface area (Å²) < 4.78 is 4.95. The van der Waals surface area contributed by atoms with Crippen LogP contribution in [0.3, 0.4) is 0 Å². The van der Waals surface area contributed by atoms with Gasteiger partial charge in [0.2, 0.25) is 0 Å². The standard InChI is InChI=1S/C9H15N3O2/c1-5-10-8(14-12-5)11-6-4-7(13)9(6,2)3/h6-7,13H,4H2,1-3H3,(H,10,11,12). The van der Waals surface area contributed by atoms with Gasteiger partial charge in [0.25, 0.3) is 0 Å². The van der Waals surface area contributed by atoms with E-state index in [-0.39, 0.29) is 17.6 Å². The Morgan fingerprint density at radius 3 is 2.71 bits per heavy atom. The van der Waals surface area contributed by atoms with Crippen molar-refractivity contribution in [3.05, 3.63) is 5.82 Å². The molecule has 0 amide bonds. The average Bonchev–Trinajstić information content (AvgIpc) is 2.51. The molecule has 0 saturated heterocycles. The van der Waals surface area contributed by atoms with E-state index in [0.29, 0.717) is 11.8 Å². The first-order chi connectivity index (χ1) is 6.50. The maximum absolute atomic E-state index is 9.52. The highest BCUT2D eigenvalue weighted by atomic mass is 16.5. The molecule has 78 valence electrons. The van der Waals surface area contributed by atoms with Crippen LogP contribution in [-0.2, 0) is 0 Å². The molecule has 0 bridgehead atoms. The number of aliphatic hydroxyl groups excluding tert-OH is 1. The van der Waals surface area contributed by atoms with E-state index in [1.165, 1.54) is 0 Å². The number of nitrogens with zero attached hydrogens (tertiary/aromatic N) is 2. The van der Waals surface area contributed by atoms with Crippen LogP contribution in [-0.4, -0.2) is 27.4 Å². The summed E-state index contributed by atoms with van der Waals surface area (Å²) in [4.78, 5) is 4.05. The fourth-order valence-electron chi connectivity index (χ4n) is 1.65. The predicted octanol–water partition coefficient (Wildman–Crippen LogP) is 0.949. The van der Waals surface area contributed by atoms with E-state index in [4.69, 9.17) is 4.52 Å². The normalized spacial score (nSPS) is 29.7. The van der Waals surface area contributed by atoms with E-state index in [2.05, 4.69) is 15.5 Å². The maximum Gasteiger partial charge on any atom is 0.321 e. The van der Waals surface area contributed by atoms with Crippen LogP contribution in [0.1, 0.15) is 26.1 Å². The lowest BCUT2D eigenvalue weighted by molar-refractivity contribution is -0.0518. The van der Waals surface area contributed by atoms with E-state index in [1.54, 1.807) is 6.92 Å². The van der Waals surface area contributed by atoms with Crippen LogP contribution < -0.4 is 5.32 Å². The molecule has 0 radical (unpaired) electrons. The third-order valence-corrected chi connectivity index (χ3v) is 3.04. The van der Waals surface area contributed by atoms with Crippen LogP contribution in [0.25, 0.3) is 0 Å². The molecule has 0 aromatic carbocycles. The second kappa shape index (κ2) is 2.95. The third kappa shape index (κ3) is 1.37. The molecule has 1 aromatic rings. The van der Waals surface area contributed by atoms with Crippen LogP contribution in [0.5, 0.6) is 0 Å². The Bertz CT molecular complexity index is 335. The fourth-order valence-corrected chi connectivity index (χ4v) is 1.65. The molecule has 0 aliphatic heterocycles. The Kier molecular flexibility index (Phi) is 1.99. The van der Waals surface area contributed by atoms with Gasteiger partial charge < -0.3 is 14.9 Å². The molecule has 1 aliphatic rings. The highest BCUT2D eigenvalue weighted by Gasteiger charge is 2.47. The molecule has 1 heterocycles. The summed E-state index contributed by atoms with van der Waals surface area (Å²) >= 11 is 0. The van der Waals surface area contributed by atoms with Crippen molar-refractivity contribution in [1.82, 2.24) is 10.1 Å². The quantitative estimate of drug-likeness (QED) is 0.738. The van der Waals surface area contributed by atoms with Crippen LogP contribution in [0.2, 0.25) is 0 Å². The first-order valence-corrected chi connectivity index (χ1v) is 4.75. The maximum atomic E-state index is 9.52. The summed E-state index contributed by atoms with van der Waals surface area (Å²) in [6.45, 7) is 5.81. The summed E-state index contributed by atoms with van der Waals surface area (Å²) in [5.74, 6) is 0.616. The molecule has 2 unspecified atom stereocenters. The zero-order valence-corrected chi connectivity index (χ0v) is 8.61. The van der Waals surface area contributed by atoms with Crippen LogP contribution in [0.4, 0.5) is 6.01 Å². The first kappa shape index (κ1) is 9.45. The van der Waals surface area contributed by atoms with Crippen molar-refractivity contribution in [2.45, 2.75) is 39.3 Å². The molecular weight excluding hydrogens is 182 g/mol. The second-order valence-electron chi connectivity index (χ2n) is 4.42. The highest BCUT2D eigenvalue weighted by Crippen LogP contribution is 2.41. The molecule has 1 aromatic heterocycles.